The Morgan fingerprint density at radius 2 is 0.900 bits per heavy atom. The van der Waals surface area contributed by atoms with Crippen molar-refractivity contribution in [3.05, 3.63) is 0 Å². The van der Waals surface area contributed by atoms with Gasteiger partial charge in [-0.15, -0.1) is 0 Å². The van der Waals surface area contributed by atoms with Crippen LogP contribution in [0.5, 0.6) is 0 Å². The zero-order chi connectivity index (χ0) is 13.9. The van der Waals surface area contributed by atoms with Crippen LogP contribution in [0.25, 0.3) is 0 Å². The van der Waals surface area contributed by atoms with Gasteiger partial charge in [-0.05, 0) is 24.7 Å². The molecule has 2 aliphatic carbocycles. The van der Waals surface area contributed by atoms with Gasteiger partial charge in [0.2, 0.25) is 0 Å². The van der Waals surface area contributed by atoms with Crippen molar-refractivity contribution in [2.45, 2.75) is 57.8 Å². The maximum Gasteiger partial charge on any atom is 0.0701 e. The molecule has 2 rings (SSSR count). The monoisotopic (exact) mass is 284 g/mol. The van der Waals surface area contributed by atoms with Gasteiger partial charge in [0.1, 0.15) is 0 Å². The van der Waals surface area contributed by atoms with Crippen LogP contribution in [-0.2, 0) is 14.2 Å². The third-order valence-electron chi connectivity index (χ3n) is 4.78. The first kappa shape index (κ1) is 16.3. The summed E-state index contributed by atoms with van der Waals surface area (Å²) in [5, 5.41) is 0. The van der Waals surface area contributed by atoms with E-state index in [9.17, 15) is 0 Å². The second-order valence-corrected chi connectivity index (χ2v) is 6.36. The summed E-state index contributed by atoms with van der Waals surface area (Å²) in [5.41, 5.74) is 0. The Kier molecular flexibility index (Phi) is 8.60. The molecule has 0 unspecified atom stereocenters. The largest absolute Gasteiger partial charge is 0.379 e. The minimum absolute atomic E-state index is 0.705. The maximum atomic E-state index is 5.61. The van der Waals surface area contributed by atoms with Crippen molar-refractivity contribution in [3.8, 4) is 0 Å². The van der Waals surface area contributed by atoms with Crippen LogP contribution in [0.4, 0.5) is 0 Å². The van der Waals surface area contributed by atoms with E-state index in [0.717, 1.165) is 38.3 Å². The molecule has 0 aromatic carbocycles. The Morgan fingerprint density at radius 3 is 1.30 bits per heavy atom. The lowest BCUT2D eigenvalue weighted by molar-refractivity contribution is 0.00868. The van der Waals surface area contributed by atoms with E-state index in [1.165, 1.54) is 57.8 Å². The summed E-state index contributed by atoms with van der Waals surface area (Å²) in [5.74, 6) is 1.88. The summed E-state index contributed by atoms with van der Waals surface area (Å²) in [6, 6.07) is 0. The van der Waals surface area contributed by atoms with Gasteiger partial charge in [-0.25, -0.2) is 0 Å². The fraction of sp³-hybridized carbons (Fsp3) is 1.00. The van der Waals surface area contributed by atoms with Crippen molar-refractivity contribution in [2.24, 2.45) is 11.8 Å². The molecule has 0 heterocycles. The summed E-state index contributed by atoms with van der Waals surface area (Å²) in [6.07, 6.45) is 12.4. The van der Waals surface area contributed by atoms with E-state index in [1.54, 1.807) is 0 Å². The summed E-state index contributed by atoms with van der Waals surface area (Å²) in [6.45, 7) is 4.69. The molecule has 0 radical (unpaired) electrons. The van der Waals surface area contributed by atoms with Crippen molar-refractivity contribution in [3.63, 3.8) is 0 Å². The highest BCUT2D eigenvalue weighted by atomic mass is 16.5. The average molecular weight is 284 g/mol. The van der Waals surface area contributed by atoms with Gasteiger partial charge in [0.05, 0.1) is 26.4 Å². The highest BCUT2D eigenvalue weighted by molar-refractivity contribution is 4.68. The summed E-state index contributed by atoms with van der Waals surface area (Å²) < 4.78 is 16.7. The van der Waals surface area contributed by atoms with Crippen LogP contribution < -0.4 is 0 Å². The van der Waals surface area contributed by atoms with Crippen LogP contribution in [0.1, 0.15) is 57.8 Å². The average Bonchev–Trinajstić information content (AvgIpc) is 2.91. The van der Waals surface area contributed by atoms with Gasteiger partial charge in [0.25, 0.3) is 0 Å². The molecule has 20 heavy (non-hydrogen) atoms. The number of hydrogen-bond acceptors (Lipinski definition) is 3. The summed E-state index contributed by atoms with van der Waals surface area (Å²) in [7, 11) is 0. The molecule has 0 aromatic rings. The number of hydrogen-bond donors (Lipinski definition) is 0. The summed E-state index contributed by atoms with van der Waals surface area (Å²) >= 11 is 0. The van der Waals surface area contributed by atoms with Crippen molar-refractivity contribution in [2.75, 3.05) is 39.6 Å². The fourth-order valence-electron chi connectivity index (χ4n) is 3.12. The molecule has 0 amide bonds. The third-order valence-corrected chi connectivity index (χ3v) is 4.78. The number of rotatable bonds is 12. The van der Waals surface area contributed by atoms with Gasteiger partial charge in [-0.2, -0.15) is 0 Å². The quantitative estimate of drug-likeness (QED) is 0.510. The van der Waals surface area contributed by atoms with Crippen LogP contribution >= 0.6 is 0 Å². The van der Waals surface area contributed by atoms with E-state index in [2.05, 4.69) is 0 Å². The highest BCUT2D eigenvalue weighted by Crippen LogP contribution is 2.29. The minimum Gasteiger partial charge on any atom is -0.379 e. The van der Waals surface area contributed by atoms with Crippen LogP contribution in [0.3, 0.4) is 0 Å². The topological polar surface area (TPSA) is 27.7 Å². The molecule has 118 valence electrons. The molecule has 0 atom stereocenters. The SMILES string of the molecule is C1CCC(CCOCCOCCOCCC2CCC2)C1. The molecular weight excluding hydrogens is 252 g/mol. The molecule has 0 aliphatic heterocycles. The fourth-order valence-corrected chi connectivity index (χ4v) is 3.12. The molecule has 3 heteroatoms. The van der Waals surface area contributed by atoms with Gasteiger partial charge < -0.3 is 14.2 Å². The van der Waals surface area contributed by atoms with Gasteiger partial charge in [-0.3, -0.25) is 0 Å². The van der Waals surface area contributed by atoms with Crippen LogP contribution in [0, 0.1) is 11.8 Å². The minimum atomic E-state index is 0.705. The van der Waals surface area contributed by atoms with Crippen molar-refractivity contribution >= 4 is 0 Å². The first-order chi connectivity index (χ1) is 9.95. The molecule has 0 spiro atoms. The summed E-state index contributed by atoms with van der Waals surface area (Å²) in [4.78, 5) is 0. The Bertz CT molecular complexity index is 222. The van der Waals surface area contributed by atoms with Crippen LogP contribution in [-0.4, -0.2) is 39.6 Å². The van der Waals surface area contributed by atoms with Gasteiger partial charge in [0.15, 0.2) is 0 Å². The molecule has 0 aromatic heterocycles. The predicted molar refractivity (Wildman–Crippen MR) is 81.0 cm³/mol. The molecule has 3 nitrogen and oxygen atoms in total. The zero-order valence-corrected chi connectivity index (χ0v) is 13.0. The van der Waals surface area contributed by atoms with Crippen LogP contribution in [0.2, 0.25) is 0 Å². The molecule has 2 aliphatic rings. The Labute approximate surface area is 124 Å². The standard InChI is InChI=1S/C17H32O3/c1-2-5-16(4-1)8-10-18-12-14-20-15-13-19-11-9-17-6-3-7-17/h16-17H,1-15H2. The second kappa shape index (κ2) is 10.6. The molecule has 0 saturated heterocycles. The van der Waals surface area contributed by atoms with Crippen LogP contribution in [0.15, 0.2) is 0 Å². The van der Waals surface area contributed by atoms with E-state index >= 15 is 0 Å². The lowest BCUT2D eigenvalue weighted by Gasteiger charge is -2.24. The van der Waals surface area contributed by atoms with Gasteiger partial charge >= 0.3 is 0 Å². The molecule has 0 N–H and O–H groups in total. The lowest BCUT2D eigenvalue weighted by atomic mass is 9.83. The lowest BCUT2D eigenvalue weighted by Crippen LogP contribution is -2.15. The first-order valence-electron chi connectivity index (χ1n) is 8.68. The van der Waals surface area contributed by atoms with E-state index in [-0.39, 0.29) is 0 Å². The third kappa shape index (κ3) is 7.05. The zero-order valence-electron chi connectivity index (χ0n) is 13.0. The second-order valence-electron chi connectivity index (χ2n) is 6.36. The maximum absolute atomic E-state index is 5.61. The smallest absolute Gasteiger partial charge is 0.0701 e. The normalized spacial score (nSPS) is 20.4. The van der Waals surface area contributed by atoms with Gasteiger partial charge in [-0.1, -0.05) is 44.9 Å². The number of ether oxygens (including phenoxy) is 3. The Hall–Kier alpha value is -0.120. The first-order valence-corrected chi connectivity index (χ1v) is 8.68. The molecular formula is C17H32O3. The van der Waals surface area contributed by atoms with E-state index in [0.29, 0.717) is 13.2 Å². The molecule has 2 saturated carbocycles. The predicted octanol–water partition coefficient (Wildman–Crippen LogP) is 3.81. The Balaban J connectivity index is 1.23. The van der Waals surface area contributed by atoms with Crippen molar-refractivity contribution < 1.29 is 14.2 Å². The molecule has 0 bridgehead atoms. The van der Waals surface area contributed by atoms with E-state index in [1.807, 2.05) is 0 Å². The van der Waals surface area contributed by atoms with E-state index < -0.39 is 0 Å². The van der Waals surface area contributed by atoms with Gasteiger partial charge in [0, 0.05) is 13.2 Å². The van der Waals surface area contributed by atoms with E-state index in [4.69, 9.17) is 14.2 Å². The van der Waals surface area contributed by atoms with Crippen molar-refractivity contribution in [1.29, 1.82) is 0 Å². The highest BCUT2D eigenvalue weighted by Gasteiger charge is 2.16. The Morgan fingerprint density at radius 1 is 0.500 bits per heavy atom. The van der Waals surface area contributed by atoms with Crippen molar-refractivity contribution in [1.82, 2.24) is 0 Å². The molecule has 2 fully saturated rings.